The summed E-state index contributed by atoms with van der Waals surface area (Å²) in [5.41, 5.74) is 2.51. The van der Waals surface area contributed by atoms with Crippen molar-refractivity contribution in [2.75, 3.05) is 7.11 Å². The average molecular weight is 225 g/mol. The fraction of sp³-hybridized carbons (Fsp3) is 0.0714. The van der Waals surface area contributed by atoms with Gasteiger partial charge in [-0.15, -0.1) is 0 Å². The number of aliphatic imine (C=N–C) groups is 1. The van der Waals surface area contributed by atoms with Gasteiger partial charge in [0.1, 0.15) is 5.75 Å². The first kappa shape index (κ1) is 11.1. The summed E-state index contributed by atoms with van der Waals surface area (Å²) < 4.78 is 5.10. The third-order valence-corrected chi connectivity index (χ3v) is 2.47. The number of isocyanates is 1. The van der Waals surface area contributed by atoms with Crippen LogP contribution >= 0.6 is 0 Å². The van der Waals surface area contributed by atoms with Crippen molar-refractivity contribution in [3.8, 4) is 16.9 Å². The van der Waals surface area contributed by atoms with Crippen LogP contribution in [0.4, 0.5) is 5.69 Å². The van der Waals surface area contributed by atoms with E-state index in [9.17, 15) is 4.79 Å². The number of para-hydroxylation sites is 1. The first-order valence-electron chi connectivity index (χ1n) is 5.16. The quantitative estimate of drug-likeness (QED) is 0.593. The van der Waals surface area contributed by atoms with E-state index in [1.165, 1.54) is 0 Å². The third-order valence-electron chi connectivity index (χ3n) is 2.47. The molecule has 3 nitrogen and oxygen atoms in total. The van der Waals surface area contributed by atoms with E-state index in [0.717, 1.165) is 16.9 Å². The van der Waals surface area contributed by atoms with Crippen LogP contribution in [-0.4, -0.2) is 13.2 Å². The minimum absolute atomic E-state index is 0.618. The van der Waals surface area contributed by atoms with Crippen LogP contribution in [-0.2, 0) is 4.79 Å². The maximum atomic E-state index is 10.3. The molecule has 0 saturated heterocycles. The van der Waals surface area contributed by atoms with Crippen molar-refractivity contribution in [1.29, 1.82) is 0 Å². The molecule has 0 saturated carbocycles. The molecule has 0 bridgehead atoms. The van der Waals surface area contributed by atoms with Gasteiger partial charge in [0.25, 0.3) is 0 Å². The molecule has 0 fully saturated rings. The molecule has 2 aromatic carbocycles. The van der Waals surface area contributed by atoms with Crippen LogP contribution in [0.3, 0.4) is 0 Å². The van der Waals surface area contributed by atoms with Gasteiger partial charge in [-0.25, -0.2) is 4.79 Å². The Kier molecular flexibility index (Phi) is 3.34. The second-order valence-electron chi connectivity index (χ2n) is 3.45. The lowest BCUT2D eigenvalue weighted by atomic mass is 10.0. The number of benzene rings is 2. The lowest BCUT2D eigenvalue weighted by molar-refractivity contribution is 0.415. The standard InChI is InChI=1S/C14H11NO2/c1-17-12-8-6-11(7-9-12)13-4-2-3-5-14(13)15-10-16/h2-9H,1H3. The van der Waals surface area contributed by atoms with Gasteiger partial charge in [-0.2, -0.15) is 4.99 Å². The first-order valence-corrected chi connectivity index (χ1v) is 5.16. The molecule has 3 heteroatoms. The van der Waals surface area contributed by atoms with Crippen LogP contribution in [0.1, 0.15) is 0 Å². The highest BCUT2D eigenvalue weighted by Gasteiger charge is 2.03. The minimum atomic E-state index is 0.618. The molecule has 0 aromatic heterocycles. The van der Waals surface area contributed by atoms with E-state index >= 15 is 0 Å². The molecule has 0 spiro atoms. The second kappa shape index (κ2) is 5.10. The summed E-state index contributed by atoms with van der Waals surface area (Å²) >= 11 is 0. The van der Waals surface area contributed by atoms with Crippen molar-refractivity contribution < 1.29 is 9.53 Å². The molecular weight excluding hydrogens is 214 g/mol. The van der Waals surface area contributed by atoms with Gasteiger partial charge in [0, 0.05) is 5.56 Å². The van der Waals surface area contributed by atoms with Gasteiger partial charge >= 0.3 is 0 Å². The van der Waals surface area contributed by atoms with Crippen molar-refractivity contribution in [2.24, 2.45) is 4.99 Å². The Labute approximate surface area is 99.4 Å². The molecule has 84 valence electrons. The van der Waals surface area contributed by atoms with E-state index < -0.39 is 0 Å². The number of nitrogens with zero attached hydrogens (tertiary/aromatic N) is 1. The summed E-state index contributed by atoms with van der Waals surface area (Å²) in [6.07, 6.45) is 1.57. The molecule has 0 amide bonds. The van der Waals surface area contributed by atoms with Gasteiger partial charge in [0.15, 0.2) is 0 Å². The monoisotopic (exact) mass is 225 g/mol. The van der Waals surface area contributed by atoms with Gasteiger partial charge in [0.2, 0.25) is 6.08 Å². The van der Waals surface area contributed by atoms with Crippen LogP contribution in [0.5, 0.6) is 5.75 Å². The zero-order valence-electron chi connectivity index (χ0n) is 9.38. The molecule has 2 rings (SSSR count). The zero-order chi connectivity index (χ0) is 12.1. The zero-order valence-corrected chi connectivity index (χ0v) is 9.38. The Morgan fingerprint density at radius 2 is 1.76 bits per heavy atom. The molecule has 0 atom stereocenters. The van der Waals surface area contributed by atoms with Crippen LogP contribution in [0.2, 0.25) is 0 Å². The third kappa shape index (κ3) is 2.41. The number of rotatable bonds is 3. The molecular formula is C14H11NO2. The lowest BCUT2D eigenvalue weighted by Crippen LogP contribution is -1.83. The number of hydrogen-bond donors (Lipinski definition) is 0. The fourth-order valence-electron chi connectivity index (χ4n) is 1.63. The molecule has 0 radical (unpaired) electrons. The summed E-state index contributed by atoms with van der Waals surface area (Å²) in [6, 6.07) is 15.0. The maximum Gasteiger partial charge on any atom is 0.240 e. The summed E-state index contributed by atoms with van der Waals surface area (Å²) in [5.74, 6) is 0.796. The molecule has 17 heavy (non-hydrogen) atoms. The Morgan fingerprint density at radius 1 is 1.06 bits per heavy atom. The van der Waals surface area contributed by atoms with Crippen molar-refractivity contribution >= 4 is 11.8 Å². The second-order valence-corrected chi connectivity index (χ2v) is 3.45. The van der Waals surface area contributed by atoms with Gasteiger partial charge in [-0.3, -0.25) is 0 Å². The van der Waals surface area contributed by atoms with Crippen molar-refractivity contribution in [2.45, 2.75) is 0 Å². The predicted octanol–water partition coefficient (Wildman–Crippen LogP) is 3.33. The summed E-state index contributed by atoms with van der Waals surface area (Å²) in [5, 5.41) is 0. The average Bonchev–Trinajstić information content (AvgIpc) is 2.40. The van der Waals surface area contributed by atoms with Gasteiger partial charge < -0.3 is 4.74 Å². The first-order chi connectivity index (χ1) is 8.35. The number of ether oxygens (including phenoxy) is 1. The van der Waals surface area contributed by atoms with Crippen LogP contribution in [0.15, 0.2) is 53.5 Å². The maximum absolute atomic E-state index is 10.3. The molecule has 0 aliphatic carbocycles. The predicted molar refractivity (Wildman–Crippen MR) is 66.2 cm³/mol. The summed E-state index contributed by atoms with van der Waals surface area (Å²) in [7, 11) is 1.62. The highest BCUT2D eigenvalue weighted by atomic mass is 16.5. The number of methoxy groups -OCH3 is 1. The van der Waals surface area contributed by atoms with Crippen molar-refractivity contribution in [3.63, 3.8) is 0 Å². The summed E-state index contributed by atoms with van der Waals surface area (Å²) in [4.78, 5) is 14.0. The molecule has 0 aliphatic rings. The summed E-state index contributed by atoms with van der Waals surface area (Å²) in [6.45, 7) is 0. The van der Waals surface area contributed by atoms with Crippen LogP contribution in [0, 0.1) is 0 Å². The van der Waals surface area contributed by atoms with E-state index in [0.29, 0.717) is 5.69 Å². The molecule has 0 heterocycles. The number of carbonyl (C=O) groups excluding carboxylic acids is 1. The van der Waals surface area contributed by atoms with Crippen molar-refractivity contribution in [3.05, 3.63) is 48.5 Å². The van der Waals surface area contributed by atoms with Crippen LogP contribution < -0.4 is 4.74 Å². The molecule has 2 aromatic rings. The Bertz CT molecular complexity index is 555. The van der Waals surface area contributed by atoms with Gasteiger partial charge in [-0.05, 0) is 23.8 Å². The smallest absolute Gasteiger partial charge is 0.240 e. The molecule has 0 aliphatic heterocycles. The Hall–Kier alpha value is -2.38. The Morgan fingerprint density at radius 3 is 2.41 bits per heavy atom. The SMILES string of the molecule is COc1ccc(-c2ccccc2N=C=O)cc1. The van der Waals surface area contributed by atoms with Crippen LogP contribution in [0.25, 0.3) is 11.1 Å². The van der Waals surface area contributed by atoms with Gasteiger partial charge in [0.05, 0.1) is 12.8 Å². The van der Waals surface area contributed by atoms with Gasteiger partial charge in [-0.1, -0.05) is 30.3 Å². The van der Waals surface area contributed by atoms with E-state index in [1.54, 1.807) is 19.3 Å². The van der Waals surface area contributed by atoms with E-state index in [-0.39, 0.29) is 0 Å². The Balaban J connectivity index is 2.48. The highest BCUT2D eigenvalue weighted by molar-refractivity contribution is 5.77. The largest absolute Gasteiger partial charge is 0.497 e. The fourth-order valence-corrected chi connectivity index (χ4v) is 1.63. The highest BCUT2D eigenvalue weighted by Crippen LogP contribution is 2.30. The molecule has 0 unspecified atom stereocenters. The van der Waals surface area contributed by atoms with E-state index in [4.69, 9.17) is 4.74 Å². The van der Waals surface area contributed by atoms with E-state index in [1.807, 2.05) is 42.5 Å². The topological polar surface area (TPSA) is 38.7 Å². The number of hydrogen-bond acceptors (Lipinski definition) is 3. The minimum Gasteiger partial charge on any atom is -0.497 e. The molecule has 0 N–H and O–H groups in total. The lowest BCUT2D eigenvalue weighted by Gasteiger charge is -2.05. The normalized spacial score (nSPS) is 9.47. The van der Waals surface area contributed by atoms with Crippen molar-refractivity contribution in [1.82, 2.24) is 0 Å². The van der Waals surface area contributed by atoms with E-state index in [2.05, 4.69) is 4.99 Å².